The number of nitrogens with zero attached hydrogens (tertiary/aromatic N) is 1. The van der Waals surface area contributed by atoms with Crippen molar-refractivity contribution in [2.45, 2.75) is 58.3 Å². The van der Waals surface area contributed by atoms with Gasteiger partial charge in [-0.3, -0.25) is 4.79 Å². The molecule has 0 spiro atoms. The van der Waals surface area contributed by atoms with E-state index in [0.717, 1.165) is 44.7 Å². The molecule has 142 valence electrons. The van der Waals surface area contributed by atoms with E-state index in [1.54, 1.807) is 4.90 Å². The lowest BCUT2D eigenvalue weighted by molar-refractivity contribution is -0.126. The highest BCUT2D eigenvalue weighted by molar-refractivity contribution is 5.91. The number of nitrogens with one attached hydrogen (secondary N) is 2. The van der Waals surface area contributed by atoms with E-state index in [2.05, 4.69) is 37.5 Å². The van der Waals surface area contributed by atoms with Crippen molar-refractivity contribution >= 4 is 5.91 Å². The van der Waals surface area contributed by atoms with E-state index in [1.807, 2.05) is 13.1 Å². The van der Waals surface area contributed by atoms with E-state index in [9.17, 15) is 4.79 Å². The molecule has 2 N–H and O–H groups in total. The third-order valence-electron chi connectivity index (χ3n) is 4.90. The third-order valence-corrected chi connectivity index (χ3v) is 4.90. The van der Waals surface area contributed by atoms with Gasteiger partial charge in [-0.25, -0.2) is 5.43 Å². The highest BCUT2D eigenvalue weighted by Gasteiger charge is 2.25. The molecular weight excluding hydrogens is 310 g/mol. The van der Waals surface area contributed by atoms with Gasteiger partial charge in [0.15, 0.2) is 0 Å². The number of hydrazine groups is 1. The number of carbonyl (C=O) groups is 1. The number of rotatable bonds is 15. The number of hydrogen-bond donors (Lipinski definition) is 2. The van der Waals surface area contributed by atoms with E-state index in [1.165, 1.54) is 31.3 Å². The Morgan fingerprint density at radius 2 is 2.00 bits per heavy atom. The van der Waals surface area contributed by atoms with Crippen molar-refractivity contribution in [3.63, 3.8) is 0 Å². The first kappa shape index (κ1) is 21.5. The zero-order valence-electron chi connectivity index (χ0n) is 16.3. The maximum Gasteiger partial charge on any atom is 0.270 e. The topological polar surface area (TPSA) is 44.4 Å². The van der Waals surface area contributed by atoms with Crippen molar-refractivity contribution in [2.75, 3.05) is 20.1 Å². The molecule has 1 atom stereocenters. The maximum atomic E-state index is 12.1. The van der Waals surface area contributed by atoms with Crippen LogP contribution in [0.25, 0.3) is 0 Å². The molecule has 0 bridgehead atoms. The molecule has 1 fully saturated rings. The van der Waals surface area contributed by atoms with Crippen molar-refractivity contribution in [3.05, 3.63) is 37.1 Å². The molecule has 0 aromatic rings. The first-order chi connectivity index (χ1) is 12.0. The number of unbranched alkanes of at least 4 members (excludes halogenated alkanes) is 2. The first-order valence-corrected chi connectivity index (χ1v) is 9.74. The van der Waals surface area contributed by atoms with Crippen LogP contribution in [0.2, 0.25) is 0 Å². The van der Waals surface area contributed by atoms with Crippen molar-refractivity contribution in [1.82, 2.24) is 15.8 Å². The summed E-state index contributed by atoms with van der Waals surface area (Å²) < 4.78 is 0. The molecule has 0 radical (unpaired) electrons. The van der Waals surface area contributed by atoms with Gasteiger partial charge >= 0.3 is 0 Å². The SMILES string of the molecule is C=CC(=C)C(CCCCNNC(=C)C(=O)N(C)CCCC)CC1CC1. The van der Waals surface area contributed by atoms with Crippen molar-refractivity contribution in [1.29, 1.82) is 0 Å². The molecule has 0 saturated heterocycles. The summed E-state index contributed by atoms with van der Waals surface area (Å²) in [6.45, 7) is 15.5. The molecule has 1 saturated carbocycles. The van der Waals surface area contributed by atoms with Crippen LogP contribution in [0.4, 0.5) is 0 Å². The average Bonchev–Trinajstić information content (AvgIpc) is 3.43. The molecule has 0 aliphatic heterocycles. The van der Waals surface area contributed by atoms with Crippen LogP contribution in [0.15, 0.2) is 37.1 Å². The van der Waals surface area contributed by atoms with Gasteiger partial charge in [0.1, 0.15) is 5.70 Å². The van der Waals surface area contributed by atoms with Crippen LogP contribution in [0.1, 0.15) is 58.3 Å². The zero-order valence-corrected chi connectivity index (χ0v) is 16.3. The van der Waals surface area contributed by atoms with E-state index in [-0.39, 0.29) is 5.91 Å². The van der Waals surface area contributed by atoms with Gasteiger partial charge in [0.05, 0.1) is 0 Å². The minimum atomic E-state index is -0.0484. The Labute approximate surface area is 154 Å². The summed E-state index contributed by atoms with van der Waals surface area (Å²) in [5.74, 6) is 1.45. The molecule has 4 nitrogen and oxygen atoms in total. The van der Waals surface area contributed by atoms with Gasteiger partial charge in [-0.2, -0.15) is 0 Å². The number of likely N-dealkylation sites (N-methyl/N-ethyl adjacent to an activating group) is 1. The summed E-state index contributed by atoms with van der Waals surface area (Å²) in [7, 11) is 1.82. The third kappa shape index (κ3) is 8.92. The highest BCUT2D eigenvalue weighted by atomic mass is 16.2. The second kappa shape index (κ2) is 11.9. The summed E-state index contributed by atoms with van der Waals surface area (Å²) in [6.07, 6.45) is 11.4. The summed E-state index contributed by atoms with van der Waals surface area (Å²) in [5, 5.41) is 0. The Morgan fingerprint density at radius 1 is 1.28 bits per heavy atom. The zero-order chi connectivity index (χ0) is 18.7. The second-order valence-corrected chi connectivity index (χ2v) is 7.26. The number of carbonyl (C=O) groups excluding carboxylic acids is 1. The summed E-state index contributed by atoms with van der Waals surface area (Å²) in [5.41, 5.74) is 7.64. The van der Waals surface area contributed by atoms with Crippen LogP contribution in [-0.4, -0.2) is 30.9 Å². The lowest BCUT2D eigenvalue weighted by Gasteiger charge is -2.19. The maximum absolute atomic E-state index is 12.1. The minimum absolute atomic E-state index is 0.0484. The molecule has 1 aliphatic rings. The Morgan fingerprint density at radius 3 is 2.60 bits per heavy atom. The quantitative estimate of drug-likeness (QED) is 0.202. The van der Waals surface area contributed by atoms with Crippen LogP contribution in [0, 0.1) is 11.8 Å². The molecule has 1 unspecified atom stereocenters. The van der Waals surface area contributed by atoms with E-state index in [0.29, 0.717) is 11.6 Å². The Kier molecular flexibility index (Phi) is 10.2. The van der Waals surface area contributed by atoms with Gasteiger partial charge in [0.2, 0.25) is 0 Å². The molecule has 1 aliphatic carbocycles. The summed E-state index contributed by atoms with van der Waals surface area (Å²) in [4.78, 5) is 13.8. The van der Waals surface area contributed by atoms with Gasteiger partial charge < -0.3 is 10.3 Å². The molecular formula is C21H37N3O. The Hall–Kier alpha value is -1.55. The van der Waals surface area contributed by atoms with Crippen LogP contribution < -0.4 is 10.9 Å². The molecule has 0 aromatic carbocycles. The van der Waals surface area contributed by atoms with Crippen LogP contribution in [-0.2, 0) is 4.79 Å². The predicted molar refractivity (Wildman–Crippen MR) is 107 cm³/mol. The monoisotopic (exact) mass is 347 g/mol. The number of amides is 1. The van der Waals surface area contributed by atoms with Crippen LogP contribution in [0.5, 0.6) is 0 Å². The molecule has 1 amide bonds. The van der Waals surface area contributed by atoms with Gasteiger partial charge in [-0.05, 0) is 37.5 Å². The molecule has 1 rings (SSSR count). The fraction of sp³-hybridized carbons (Fsp3) is 0.667. The van der Waals surface area contributed by atoms with E-state index >= 15 is 0 Å². The van der Waals surface area contributed by atoms with Crippen molar-refractivity contribution < 1.29 is 4.79 Å². The molecule has 25 heavy (non-hydrogen) atoms. The minimum Gasteiger partial charge on any atom is -0.340 e. The lowest BCUT2D eigenvalue weighted by Crippen LogP contribution is -2.40. The summed E-state index contributed by atoms with van der Waals surface area (Å²) >= 11 is 0. The van der Waals surface area contributed by atoms with Crippen LogP contribution >= 0.6 is 0 Å². The average molecular weight is 348 g/mol. The molecule has 4 heteroatoms. The van der Waals surface area contributed by atoms with E-state index in [4.69, 9.17) is 0 Å². The van der Waals surface area contributed by atoms with Crippen molar-refractivity contribution in [3.8, 4) is 0 Å². The normalized spacial score (nSPS) is 14.6. The van der Waals surface area contributed by atoms with Gasteiger partial charge in [-0.1, -0.05) is 64.0 Å². The Balaban J connectivity index is 2.13. The lowest BCUT2D eigenvalue weighted by atomic mass is 9.89. The largest absolute Gasteiger partial charge is 0.340 e. The smallest absolute Gasteiger partial charge is 0.270 e. The fourth-order valence-corrected chi connectivity index (χ4v) is 2.93. The van der Waals surface area contributed by atoms with Crippen LogP contribution in [0.3, 0.4) is 0 Å². The van der Waals surface area contributed by atoms with Gasteiger partial charge in [0.25, 0.3) is 5.91 Å². The van der Waals surface area contributed by atoms with Crippen molar-refractivity contribution in [2.24, 2.45) is 11.8 Å². The number of hydrogen-bond acceptors (Lipinski definition) is 3. The summed E-state index contributed by atoms with van der Waals surface area (Å²) in [6, 6.07) is 0. The highest BCUT2D eigenvalue weighted by Crippen LogP contribution is 2.38. The number of allylic oxidation sites excluding steroid dienone is 2. The molecule has 0 heterocycles. The standard InChI is InChI=1S/C21H37N3O/c1-6-8-15-24(5)21(25)18(4)23-22-14-10-9-11-20(17(3)7-2)16-19-12-13-19/h7,19-20,22-23H,2-4,6,8-16H2,1,5H3. The van der Waals surface area contributed by atoms with E-state index < -0.39 is 0 Å². The van der Waals surface area contributed by atoms with Gasteiger partial charge in [0, 0.05) is 20.1 Å². The Bertz CT molecular complexity index is 454. The fourth-order valence-electron chi connectivity index (χ4n) is 2.93. The predicted octanol–water partition coefficient (Wildman–Crippen LogP) is 4.18. The van der Waals surface area contributed by atoms with Gasteiger partial charge in [-0.15, -0.1) is 0 Å². The second-order valence-electron chi connectivity index (χ2n) is 7.26. The molecule has 0 aromatic heterocycles. The first-order valence-electron chi connectivity index (χ1n) is 9.74.